The van der Waals surface area contributed by atoms with Crippen molar-refractivity contribution in [3.63, 3.8) is 0 Å². The normalized spacial score (nSPS) is 20.8. The van der Waals surface area contributed by atoms with Gasteiger partial charge in [-0.25, -0.2) is 9.97 Å². The van der Waals surface area contributed by atoms with Gasteiger partial charge in [-0.2, -0.15) is 0 Å². The summed E-state index contributed by atoms with van der Waals surface area (Å²) in [6.45, 7) is 6.35. The van der Waals surface area contributed by atoms with E-state index in [-0.39, 0.29) is 0 Å². The third kappa shape index (κ3) is 3.36. The van der Waals surface area contributed by atoms with Crippen LogP contribution in [0, 0.1) is 6.92 Å². The lowest BCUT2D eigenvalue weighted by Crippen LogP contribution is -2.34. The molecule has 1 aromatic heterocycles. The Kier molecular flexibility index (Phi) is 4.34. The molecule has 0 radical (unpaired) electrons. The lowest BCUT2D eigenvalue weighted by atomic mass is 9.94. The van der Waals surface area contributed by atoms with E-state index in [0.717, 1.165) is 37.0 Å². The monoisotopic (exact) mass is 325 g/mol. The number of hydrogen-bond acceptors (Lipinski definition) is 5. The zero-order valence-electron chi connectivity index (χ0n) is 14.1. The summed E-state index contributed by atoms with van der Waals surface area (Å²) in [5, 5.41) is 0. The lowest BCUT2D eigenvalue weighted by Gasteiger charge is -2.32. The molecular formula is C19H23N3O2. The summed E-state index contributed by atoms with van der Waals surface area (Å²) in [6, 6.07) is 8.35. The topological polar surface area (TPSA) is 47.5 Å². The lowest BCUT2D eigenvalue weighted by molar-refractivity contribution is 0.170. The number of aromatic nitrogens is 2. The minimum Gasteiger partial charge on any atom is -0.486 e. The third-order valence-corrected chi connectivity index (χ3v) is 4.73. The van der Waals surface area contributed by atoms with Crippen LogP contribution in [0.3, 0.4) is 0 Å². The highest BCUT2D eigenvalue weighted by Crippen LogP contribution is 2.32. The Morgan fingerprint density at radius 1 is 1.17 bits per heavy atom. The van der Waals surface area contributed by atoms with Crippen LogP contribution in [0.15, 0.2) is 30.5 Å². The van der Waals surface area contributed by atoms with Gasteiger partial charge in [0.25, 0.3) is 0 Å². The Labute approximate surface area is 142 Å². The van der Waals surface area contributed by atoms with Crippen LogP contribution in [-0.2, 0) is 6.54 Å². The zero-order valence-corrected chi connectivity index (χ0v) is 14.1. The molecule has 24 heavy (non-hydrogen) atoms. The van der Waals surface area contributed by atoms with Crippen LogP contribution in [0.4, 0.5) is 0 Å². The molecule has 1 aromatic carbocycles. The molecule has 0 N–H and O–H groups in total. The van der Waals surface area contributed by atoms with Crippen LogP contribution in [0.1, 0.15) is 35.8 Å². The minimum atomic E-state index is 0.498. The first kappa shape index (κ1) is 15.4. The highest BCUT2D eigenvalue weighted by atomic mass is 16.6. The Bertz CT molecular complexity index is 720. The van der Waals surface area contributed by atoms with E-state index >= 15 is 0 Å². The van der Waals surface area contributed by atoms with E-state index in [0.29, 0.717) is 19.1 Å². The Morgan fingerprint density at radius 3 is 2.92 bits per heavy atom. The quantitative estimate of drug-likeness (QED) is 0.868. The third-order valence-electron chi connectivity index (χ3n) is 4.73. The largest absolute Gasteiger partial charge is 0.486 e. The first-order valence-electron chi connectivity index (χ1n) is 8.68. The van der Waals surface area contributed by atoms with E-state index in [1.54, 1.807) is 0 Å². The maximum Gasteiger partial charge on any atom is 0.161 e. The number of nitrogens with zero attached hydrogens (tertiary/aromatic N) is 3. The van der Waals surface area contributed by atoms with Crippen molar-refractivity contribution in [1.29, 1.82) is 0 Å². The van der Waals surface area contributed by atoms with Crippen molar-refractivity contribution in [2.75, 3.05) is 26.3 Å². The molecule has 0 unspecified atom stereocenters. The van der Waals surface area contributed by atoms with Crippen LogP contribution in [0.5, 0.6) is 11.5 Å². The summed E-state index contributed by atoms with van der Waals surface area (Å²) in [5.74, 6) is 3.09. The zero-order chi connectivity index (χ0) is 16.4. The number of benzene rings is 1. The first-order chi connectivity index (χ1) is 11.8. The molecule has 1 saturated heterocycles. The predicted octanol–water partition coefficient (Wildman–Crippen LogP) is 2.94. The minimum absolute atomic E-state index is 0.498. The number of aryl methyl sites for hydroxylation is 1. The predicted molar refractivity (Wildman–Crippen MR) is 91.5 cm³/mol. The molecule has 0 saturated carbocycles. The molecule has 3 heterocycles. The molecule has 0 bridgehead atoms. The van der Waals surface area contributed by atoms with Gasteiger partial charge in [0.2, 0.25) is 0 Å². The summed E-state index contributed by atoms with van der Waals surface area (Å²) in [4.78, 5) is 11.3. The average molecular weight is 325 g/mol. The fraction of sp³-hybridized carbons (Fsp3) is 0.474. The fourth-order valence-electron chi connectivity index (χ4n) is 3.59. The number of piperidine rings is 1. The van der Waals surface area contributed by atoms with E-state index in [2.05, 4.69) is 33.1 Å². The summed E-state index contributed by atoms with van der Waals surface area (Å²) in [6.07, 6.45) is 4.28. The van der Waals surface area contributed by atoms with Gasteiger partial charge in [-0.3, -0.25) is 4.90 Å². The molecular weight excluding hydrogens is 302 g/mol. The second kappa shape index (κ2) is 6.77. The maximum absolute atomic E-state index is 5.70. The summed E-state index contributed by atoms with van der Waals surface area (Å²) < 4.78 is 11.3. The molecule has 126 valence electrons. The van der Waals surface area contributed by atoms with Gasteiger partial charge in [0.15, 0.2) is 11.5 Å². The van der Waals surface area contributed by atoms with Crippen LogP contribution in [0.25, 0.3) is 0 Å². The van der Waals surface area contributed by atoms with E-state index < -0.39 is 0 Å². The van der Waals surface area contributed by atoms with Crippen molar-refractivity contribution in [3.05, 3.63) is 47.5 Å². The second-order valence-corrected chi connectivity index (χ2v) is 6.58. The van der Waals surface area contributed by atoms with Crippen LogP contribution in [-0.4, -0.2) is 41.2 Å². The fourth-order valence-corrected chi connectivity index (χ4v) is 3.59. The molecule has 2 aliphatic rings. The van der Waals surface area contributed by atoms with E-state index in [9.17, 15) is 0 Å². The van der Waals surface area contributed by atoms with E-state index in [1.165, 1.54) is 24.1 Å². The van der Waals surface area contributed by atoms with Gasteiger partial charge < -0.3 is 9.47 Å². The van der Waals surface area contributed by atoms with Gasteiger partial charge in [-0.05, 0) is 50.1 Å². The second-order valence-electron chi connectivity index (χ2n) is 6.58. The highest BCUT2D eigenvalue weighted by Gasteiger charge is 2.23. The van der Waals surface area contributed by atoms with Crippen LogP contribution >= 0.6 is 0 Å². The van der Waals surface area contributed by atoms with Crippen molar-refractivity contribution in [1.82, 2.24) is 14.9 Å². The SMILES string of the molecule is Cc1nccc([C@@H]2CCCN(Cc3ccc4c(c3)OCCO4)C2)n1. The molecule has 1 atom stereocenters. The molecule has 1 fully saturated rings. The number of ether oxygens (including phenoxy) is 2. The molecule has 4 rings (SSSR count). The van der Waals surface area contributed by atoms with E-state index in [4.69, 9.17) is 9.47 Å². The van der Waals surface area contributed by atoms with Gasteiger partial charge in [0.1, 0.15) is 19.0 Å². The van der Waals surface area contributed by atoms with Gasteiger partial charge in [0.05, 0.1) is 0 Å². The van der Waals surface area contributed by atoms with Crippen molar-refractivity contribution in [2.24, 2.45) is 0 Å². The number of rotatable bonds is 3. The first-order valence-corrected chi connectivity index (χ1v) is 8.68. The standard InChI is InChI=1S/C19H23N3O2/c1-14-20-7-6-17(21-14)16-3-2-8-22(13-16)12-15-4-5-18-19(11-15)24-10-9-23-18/h4-7,11,16H,2-3,8-10,12-13H2,1H3/t16-/m1/s1. The number of likely N-dealkylation sites (tertiary alicyclic amines) is 1. The molecule has 0 aliphatic carbocycles. The maximum atomic E-state index is 5.70. The Balaban J connectivity index is 1.45. The van der Waals surface area contributed by atoms with Gasteiger partial charge in [0, 0.05) is 30.9 Å². The molecule has 2 aromatic rings. The van der Waals surface area contributed by atoms with Gasteiger partial charge in [-0.15, -0.1) is 0 Å². The smallest absolute Gasteiger partial charge is 0.161 e. The molecule has 0 amide bonds. The summed E-state index contributed by atoms with van der Waals surface area (Å²) in [7, 11) is 0. The Morgan fingerprint density at radius 2 is 2.04 bits per heavy atom. The van der Waals surface area contributed by atoms with Crippen molar-refractivity contribution in [2.45, 2.75) is 32.2 Å². The van der Waals surface area contributed by atoms with Crippen molar-refractivity contribution in [3.8, 4) is 11.5 Å². The van der Waals surface area contributed by atoms with Crippen LogP contribution in [0.2, 0.25) is 0 Å². The molecule has 5 nitrogen and oxygen atoms in total. The molecule has 2 aliphatic heterocycles. The Hall–Kier alpha value is -2.14. The molecule has 5 heteroatoms. The summed E-state index contributed by atoms with van der Waals surface area (Å²) >= 11 is 0. The summed E-state index contributed by atoms with van der Waals surface area (Å²) in [5.41, 5.74) is 2.45. The van der Waals surface area contributed by atoms with Crippen LogP contribution < -0.4 is 9.47 Å². The highest BCUT2D eigenvalue weighted by molar-refractivity contribution is 5.43. The van der Waals surface area contributed by atoms with Crippen molar-refractivity contribution < 1.29 is 9.47 Å². The average Bonchev–Trinajstić information content (AvgIpc) is 2.62. The van der Waals surface area contributed by atoms with Crippen molar-refractivity contribution >= 4 is 0 Å². The number of hydrogen-bond donors (Lipinski definition) is 0. The van der Waals surface area contributed by atoms with E-state index in [1.807, 2.05) is 19.2 Å². The molecule has 0 spiro atoms. The van der Waals surface area contributed by atoms with Gasteiger partial charge in [-0.1, -0.05) is 6.07 Å². The number of fused-ring (bicyclic) bond motifs is 1. The van der Waals surface area contributed by atoms with Gasteiger partial charge >= 0.3 is 0 Å².